The zero-order chi connectivity index (χ0) is 22.0. The van der Waals surface area contributed by atoms with Crippen molar-refractivity contribution in [2.45, 2.75) is 31.8 Å². The molecule has 3 aromatic rings. The lowest BCUT2D eigenvalue weighted by Crippen LogP contribution is -2.25. The predicted molar refractivity (Wildman–Crippen MR) is 118 cm³/mol. The molecule has 1 unspecified atom stereocenters. The first-order chi connectivity index (χ1) is 15.5. The van der Waals surface area contributed by atoms with E-state index in [0.29, 0.717) is 47.7 Å². The molecule has 10 heteroatoms. The molecule has 3 fully saturated rings. The first kappa shape index (κ1) is 19.3. The molecule has 1 saturated heterocycles. The molecule has 1 amide bonds. The van der Waals surface area contributed by atoms with Gasteiger partial charge in [0, 0.05) is 36.7 Å². The van der Waals surface area contributed by atoms with E-state index in [0.717, 1.165) is 12.8 Å². The summed E-state index contributed by atoms with van der Waals surface area (Å²) in [5, 5.41) is 13.5. The minimum absolute atomic E-state index is 0.0281. The highest BCUT2D eigenvalue weighted by molar-refractivity contribution is 6.00. The normalized spacial score (nSPS) is 26.1. The van der Waals surface area contributed by atoms with E-state index in [1.54, 1.807) is 28.3 Å². The van der Waals surface area contributed by atoms with Gasteiger partial charge in [0.2, 0.25) is 0 Å². The van der Waals surface area contributed by atoms with E-state index in [-0.39, 0.29) is 29.0 Å². The highest BCUT2D eigenvalue weighted by atomic mass is 16.5. The van der Waals surface area contributed by atoms with Crippen molar-refractivity contribution in [1.29, 1.82) is 0 Å². The van der Waals surface area contributed by atoms with Crippen molar-refractivity contribution in [2.75, 3.05) is 30.9 Å². The zero-order valence-electron chi connectivity index (χ0n) is 18.0. The maximum atomic E-state index is 13.2. The molecule has 6 rings (SSSR count). The first-order valence-corrected chi connectivity index (χ1v) is 10.9. The predicted octanol–water partition coefficient (Wildman–Crippen LogP) is 1.78. The van der Waals surface area contributed by atoms with Crippen LogP contribution < -0.4 is 21.5 Å². The van der Waals surface area contributed by atoms with E-state index in [1.165, 1.54) is 6.20 Å². The van der Waals surface area contributed by atoms with Crippen LogP contribution in [0.5, 0.6) is 0 Å². The lowest BCUT2D eigenvalue weighted by Gasteiger charge is -2.14. The number of ether oxygens (including phenoxy) is 1. The molecule has 2 saturated carbocycles. The molecular formula is C22H25N7O3. The Hall–Kier alpha value is -3.40. The van der Waals surface area contributed by atoms with Crippen molar-refractivity contribution in [2.24, 2.45) is 11.3 Å². The summed E-state index contributed by atoms with van der Waals surface area (Å²) < 4.78 is 8.95. The summed E-state index contributed by atoms with van der Waals surface area (Å²) in [4.78, 5) is 30.5. The number of hydrogen-bond donors (Lipinski definition) is 3. The number of pyridine rings is 1. The Morgan fingerprint density at radius 1 is 1.34 bits per heavy atom. The highest BCUT2D eigenvalue weighted by Crippen LogP contribution is 2.64. The molecule has 3 atom stereocenters. The molecule has 0 spiro atoms. The first-order valence-electron chi connectivity index (χ1n) is 10.9. The molecule has 2 aliphatic carbocycles. The van der Waals surface area contributed by atoms with Gasteiger partial charge in [-0.25, -0.2) is 4.98 Å². The van der Waals surface area contributed by atoms with Gasteiger partial charge in [0.1, 0.15) is 22.9 Å². The van der Waals surface area contributed by atoms with Crippen LogP contribution >= 0.6 is 0 Å². The van der Waals surface area contributed by atoms with Gasteiger partial charge in [-0.1, -0.05) is 6.92 Å². The largest absolute Gasteiger partial charge is 0.380 e. The fraction of sp³-hybridized carbons (Fsp3) is 0.455. The third-order valence-electron chi connectivity index (χ3n) is 6.93. The summed E-state index contributed by atoms with van der Waals surface area (Å²) in [6.07, 6.45) is 5.37. The molecular weight excluding hydrogens is 410 g/mol. The molecule has 3 aliphatic rings. The van der Waals surface area contributed by atoms with E-state index in [9.17, 15) is 9.59 Å². The van der Waals surface area contributed by atoms with Crippen molar-refractivity contribution >= 4 is 28.9 Å². The molecule has 0 aromatic carbocycles. The van der Waals surface area contributed by atoms with Gasteiger partial charge in [-0.3, -0.25) is 9.59 Å². The quantitative estimate of drug-likeness (QED) is 0.541. The Labute approximate surface area is 184 Å². The monoisotopic (exact) mass is 435 g/mol. The number of hydrogen-bond acceptors (Lipinski definition) is 7. The van der Waals surface area contributed by atoms with E-state index >= 15 is 0 Å². The Morgan fingerprint density at radius 2 is 2.19 bits per heavy atom. The van der Waals surface area contributed by atoms with Gasteiger partial charge in [0.25, 0.3) is 11.5 Å². The second-order valence-electron chi connectivity index (χ2n) is 9.15. The van der Waals surface area contributed by atoms with Crippen LogP contribution in [0.25, 0.3) is 5.65 Å². The average molecular weight is 435 g/mol. The second-order valence-corrected chi connectivity index (χ2v) is 9.15. The number of rotatable bonds is 6. The number of anilines is 3. The summed E-state index contributed by atoms with van der Waals surface area (Å²) in [5.41, 5.74) is 1.20. The molecule has 166 valence electrons. The minimum atomic E-state index is -0.188. The molecule has 4 heterocycles. The lowest BCUT2D eigenvalue weighted by molar-refractivity contribution is 0.0952. The Morgan fingerprint density at radius 3 is 2.91 bits per heavy atom. The van der Waals surface area contributed by atoms with Gasteiger partial charge < -0.3 is 25.3 Å². The maximum Gasteiger partial charge on any atom is 0.274 e. The Bertz CT molecular complexity index is 1290. The Kier molecular flexibility index (Phi) is 4.10. The molecule has 3 aromatic heterocycles. The number of nitrogens with zero attached hydrogens (tertiary/aromatic N) is 4. The van der Waals surface area contributed by atoms with Gasteiger partial charge in [0.05, 0.1) is 25.5 Å². The fourth-order valence-corrected chi connectivity index (χ4v) is 4.84. The minimum Gasteiger partial charge on any atom is -0.380 e. The van der Waals surface area contributed by atoms with Crippen LogP contribution in [0.2, 0.25) is 0 Å². The van der Waals surface area contributed by atoms with E-state index in [1.807, 2.05) is 12.3 Å². The van der Waals surface area contributed by atoms with Crippen molar-refractivity contribution < 1.29 is 9.53 Å². The molecule has 0 radical (unpaired) electrons. The number of nitrogens with one attached hydrogen (secondary N) is 3. The van der Waals surface area contributed by atoms with Crippen LogP contribution in [0.3, 0.4) is 0 Å². The summed E-state index contributed by atoms with van der Waals surface area (Å²) in [5.74, 6) is 1.30. The number of fused-ring (bicyclic) bond motifs is 2. The van der Waals surface area contributed by atoms with Crippen molar-refractivity contribution in [1.82, 2.24) is 24.5 Å². The standard InChI is InChI=1S/C22H25N7O3/c1-22-11-32-10-14(22)18(22)28-7-3-4-15(21(28)31)26-16-8-17(23-2)29-19(27-16)13(9-24-29)20(30)25-12-5-6-12/h3-4,7-9,12,14,18,23H,5-6,10-11H2,1-2H3,(H,25,30)(H,26,27)/t14-,18-,22?/m0/s1. The van der Waals surface area contributed by atoms with Crippen LogP contribution in [0, 0.1) is 11.3 Å². The SMILES string of the molecule is CNc1cc(Nc2cccn([C@H]3[C@@H]4COCC34C)c2=O)nc2c(C(=O)NC3CC3)cnn12. The summed E-state index contributed by atoms with van der Waals surface area (Å²) in [6, 6.07) is 5.77. The smallest absolute Gasteiger partial charge is 0.274 e. The topological polar surface area (TPSA) is 115 Å². The van der Waals surface area contributed by atoms with Crippen molar-refractivity contribution in [3.63, 3.8) is 0 Å². The summed E-state index contributed by atoms with van der Waals surface area (Å²) in [7, 11) is 1.77. The lowest BCUT2D eigenvalue weighted by atomic mass is 10.1. The number of carbonyl (C=O) groups is 1. The van der Waals surface area contributed by atoms with Crippen LogP contribution in [0.15, 0.2) is 35.4 Å². The third-order valence-corrected chi connectivity index (χ3v) is 6.93. The van der Waals surface area contributed by atoms with Crippen LogP contribution in [0.4, 0.5) is 17.3 Å². The van der Waals surface area contributed by atoms with Gasteiger partial charge in [0.15, 0.2) is 5.65 Å². The zero-order valence-corrected chi connectivity index (χ0v) is 18.0. The summed E-state index contributed by atoms with van der Waals surface area (Å²) >= 11 is 0. The van der Waals surface area contributed by atoms with Gasteiger partial charge in [-0.15, -0.1) is 0 Å². The Balaban J connectivity index is 1.35. The van der Waals surface area contributed by atoms with Gasteiger partial charge in [-0.2, -0.15) is 9.61 Å². The van der Waals surface area contributed by atoms with Crippen LogP contribution in [-0.4, -0.2) is 51.4 Å². The highest BCUT2D eigenvalue weighted by Gasteiger charge is 2.66. The summed E-state index contributed by atoms with van der Waals surface area (Å²) in [6.45, 7) is 3.55. The second kappa shape index (κ2) is 6.80. The third kappa shape index (κ3) is 2.89. The molecule has 0 bridgehead atoms. The maximum absolute atomic E-state index is 13.2. The number of amides is 1. The van der Waals surface area contributed by atoms with E-state index in [2.05, 4.69) is 33.0 Å². The molecule has 1 aliphatic heterocycles. The number of aromatic nitrogens is 4. The van der Waals surface area contributed by atoms with E-state index < -0.39 is 0 Å². The molecule has 32 heavy (non-hydrogen) atoms. The van der Waals surface area contributed by atoms with Crippen LogP contribution in [0.1, 0.15) is 36.2 Å². The molecule has 3 N–H and O–H groups in total. The van der Waals surface area contributed by atoms with Crippen molar-refractivity contribution in [3.05, 3.63) is 46.5 Å². The average Bonchev–Trinajstić information content (AvgIpc) is 3.58. The number of carbonyl (C=O) groups excluding carboxylic acids is 1. The van der Waals surface area contributed by atoms with E-state index in [4.69, 9.17) is 4.74 Å². The fourth-order valence-electron chi connectivity index (χ4n) is 4.84. The van der Waals surface area contributed by atoms with Crippen LogP contribution in [-0.2, 0) is 4.74 Å². The van der Waals surface area contributed by atoms with Crippen molar-refractivity contribution in [3.8, 4) is 0 Å². The molecule has 10 nitrogen and oxygen atoms in total. The van der Waals surface area contributed by atoms with Gasteiger partial charge >= 0.3 is 0 Å². The van der Waals surface area contributed by atoms with Gasteiger partial charge in [-0.05, 0) is 25.0 Å².